The predicted octanol–water partition coefficient (Wildman–Crippen LogP) is 2.29. The van der Waals surface area contributed by atoms with E-state index in [4.69, 9.17) is 0 Å². The molecule has 0 radical (unpaired) electrons. The van der Waals surface area contributed by atoms with Gasteiger partial charge in [0.1, 0.15) is 11.6 Å². The molecule has 5 heteroatoms. The molecule has 0 atom stereocenters. The van der Waals surface area contributed by atoms with E-state index in [2.05, 4.69) is 10.6 Å². The van der Waals surface area contributed by atoms with Crippen molar-refractivity contribution in [2.24, 2.45) is 0 Å². The van der Waals surface area contributed by atoms with E-state index < -0.39 is 11.6 Å². The monoisotopic (exact) mass is 242 g/mol. The highest BCUT2D eigenvalue weighted by Crippen LogP contribution is 2.12. The summed E-state index contributed by atoms with van der Waals surface area (Å²) < 4.78 is 25.7. The molecule has 1 rings (SSSR count). The maximum Gasteiger partial charge on any atom is 0.225 e. The van der Waals surface area contributed by atoms with Crippen molar-refractivity contribution in [2.45, 2.75) is 26.3 Å². The number of nitrogens with one attached hydrogen (secondary N) is 2. The van der Waals surface area contributed by atoms with Crippen LogP contribution in [-0.2, 0) is 4.79 Å². The molecule has 0 aromatic heterocycles. The maximum atomic E-state index is 12.8. The zero-order valence-corrected chi connectivity index (χ0v) is 9.89. The Labute approximate surface area is 99.2 Å². The smallest absolute Gasteiger partial charge is 0.225 e. The molecule has 0 aliphatic carbocycles. The SMILES string of the molecule is CC(C)NCCC(=O)Nc1cc(F)cc(F)c1. The molecular formula is C12H16F2N2O. The molecule has 1 aromatic carbocycles. The van der Waals surface area contributed by atoms with E-state index in [1.54, 1.807) is 0 Å². The summed E-state index contributed by atoms with van der Waals surface area (Å²) in [5, 5.41) is 5.51. The fraction of sp³-hybridized carbons (Fsp3) is 0.417. The largest absolute Gasteiger partial charge is 0.326 e. The average molecular weight is 242 g/mol. The van der Waals surface area contributed by atoms with Gasteiger partial charge in [0.25, 0.3) is 0 Å². The topological polar surface area (TPSA) is 41.1 Å². The molecule has 2 N–H and O–H groups in total. The molecular weight excluding hydrogens is 226 g/mol. The minimum atomic E-state index is -0.708. The molecule has 0 unspecified atom stereocenters. The van der Waals surface area contributed by atoms with Crippen molar-refractivity contribution in [3.05, 3.63) is 29.8 Å². The lowest BCUT2D eigenvalue weighted by Crippen LogP contribution is -2.27. The fourth-order valence-electron chi connectivity index (χ4n) is 1.32. The third-order valence-corrected chi connectivity index (χ3v) is 2.05. The highest BCUT2D eigenvalue weighted by Gasteiger charge is 2.05. The summed E-state index contributed by atoms with van der Waals surface area (Å²) >= 11 is 0. The second-order valence-electron chi connectivity index (χ2n) is 4.07. The van der Waals surface area contributed by atoms with Gasteiger partial charge in [0.05, 0.1) is 0 Å². The van der Waals surface area contributed by atoms with Crippen LogP contribution in [0.15, 0.2) is 18.2 Å². The van der Waals surface area contributed by atoms with Crippen LogP contribution in [0.1, 0.15) is 20.3 Å². The number of hydrogen-bond donors (Lipinski definition) is 2. The standard InChI is InChI=1S/C12H16F2N2O/c1-8(2)15-4-3-12(17)16-11-6-9(13)5-10(14)7-11/h5-8,15H,3-4H2,1-2H3,(H,16,17). The highest BCUT2D eigenvalue weighted by molar-refractivity contribution is 5.90. The Morgan fingerprint density at radius 2 is 1.82 bits per heavy atom. The van der Waals surface area contributed by atoms with E-state index in [-0.39, 0.29) is 18.0 Å². The fourth-order valence-corrected chi connectivity index (χ4v) is 1.32. The summed E-state index contributed by atoms with van der Waals surface area (Å²) in [4.78, 5) is 11.4. The molecule has 3 nitrogen and oxygen atoms in total. The minimum Gasteiger partial charge on any atom is -0.326 e. The molecule has 0 aliphatic rings. The van der Waals surface area contributed by atoms with Gasteiger partial charge in [0.15, 0.2) is 0 Å². The molecule has 0 saturated heterocycles. The molecule has 0 bridgehead atoms. The normalized spacial score (nSPS) is 10.6. The van der Waals surface area contributed by atoms with Crippen molar-refractivity contribution in [3.63, 3.8) is 0 Å². The Hall–Kier alpha value is -1.49. The quantitative estimate of drug-likeness (QED) is 0.831. The summed E-state index contributed by atoms with van der Waals surface area (Å²) in [6, 6.07) is 3.22. The van der Waals surface area contributed by atoms with E-state index in [0.717, 1.165) is 18.2 Å². The van der Waals surface area contributed by atoms with Crippen molar-refractivity contribution in [1.29, 1.82) is 0 Å². The van der Waals surface area contributed by atoms with Crippen LogP contribution in [0.2, 0.25) is 0 Å². The van der Waals surface area contributed by atoms with Crippen molar-refractivity contribution in [1.82, 2.24) is 5.32 Å². The zero-order valence-electron chi connectivity index (χ0n) is 9.89. The number of hydrogen-bond acceptors (Lipinski definition) is 2. The number of rotatable bonds is 5. The number of carbonyl (C=O) groups is 1. The second-order valence-corrected chi connectivity index (χ2v) is 4.07. The lowest BCUT2D eigenvalue weighted by Gasteiger charge is -2.08. The first-order valence-electron chi connectivity index (χ1n) is 5.46. The Kier molecular flexibility index (Phi) is 5.03. The van der Waals surface area contributed by atoms with Gasteiger partial charge in [-0.3, -0.25) is 4.79 Å². The van der Waals surface area contributed by atoms with Crippen LogP contribution in [0, 0.1) is 11.6 Å². The summed E-state index contributed by atoms with van der Waals surface area (Å²) in [6.07, 6.45) is 0.260. The van der Waals surface area contributed by atoms with Gasteiger partial charge >= 0.3 is 0 Å². The molecule has 0 fully saturated rings. The van der Waals surface area contributed by atoms with Gasteiger partial charge in [-0.25, -0.2) is 8.78 Å². The van der Waals surface area contributed by atoms with Crippen molar-refractivity contribution in [2.75, 3.05) is 11.9 Å². The van der Waals surface area contributed by atoms with E-state index in [9.17, 15) is 13.6 Å². The van der Waals surface area contributed by atoms with Gasteiger partial charge in [-0.05, 0) is 12.1 Å². The molecule has 0 saturated carbocycles. The van der Waals surface area contributed by atoms with Crippen LogP contribution >= 0.6 is 0 Å². The minimum absolute atomic E-state index is 0.136. The van der Waals surface area contributed by atoms with Gasteiger partial charge < -0.3 is 10.6 Å². The molecule has 0 heterocycles. The average Bonchev–Trinajstić information content (AvgIpc) is 2.14. The van der Waals surface area contributed by atoms with Gasteiger partial charge in [-0.15, -0.1) is 0 Å². The lowest BCUT2D eigenvalue weighted by atomic mass is 10.3. The molecule has 0 aliphatic heterocycles. The van der Waals surface area contributed by atoms with Gasteiger partial charge in [0, 0.05) is 30.8 Å². The number of benzene rings is 1. The van der Waals surface area contributed by atoms with E-state index >= 15 is 0 Å². The van der Waals surface area contributed by atoms with Crippen molar-refractivity contribution in [3.8, 4) is 0 Å². The Morgan fingerprint density at radius 1 is 1.24 bits per heavy atom. The van der Waals surface area contributed by atoms with Crippen molar-refractivity contribution < 1.29 is 13.6 Å². The first-order valence-corrected chi connectivity index (χ1v) is 5.46. The molecule has 17 heavy (non-hydrogen) atoms. The van der Waals surface area contributed by atoms with Crippen LogP contribution in [-0.4, -0.2) is 18.5 Å². The summed E-state index contributed by atoms with van der Waals surface area (Å²) in [5.41, 5.74) is 0.136. The molecule has 94 valence electrons. The first-order chi connectivity index (χ1) is 7.97. The third-order valence-electron chi connectivity index (χ3n) is 2.05. The second kappa shape index (κ2) is 6.30. The van der Waals surface area contributed by atoms with E-state index in [1.165, 1.54) is 0 Å². The maximum absolute atomic E-state index is 12.8. The molecule has 1 amide bonds. The number of carbonyl (C=O) groups excluding carboxylic acids is 1. The van der Waals surface area contributed by atoms with Crippen LogP contribution in [0.25, 0.3) is 0 Å². The Morgan fingerprint density at radius 3 is 2.35 bits per heavy atom. The molecule has 1 aromatic rings. The lowest BCUT2D eigenvalue weighted by molar-refractivity contribution is -0.116. The number of anilines is 1. The van der Waals surface area contributed by atoms with Gasteiger partial charge in [0.2, 0.25) is 5.91 Å². The van der Waals surface area contributed by atoms with E-state index in [0.29, 0.717) is 12.6 Å². The number of amides is 1. The summed E-state index contributed by atoms with van der Waals surface area (Å²) in [5.74, 6) is -1.69. The van der Waals surface area contributed by atoms with Crippen LogP contribution < -0.4 is 10.6 Å². The predicted molar refractivity (Wildman–Crippen MR) is 62.7 cm³/mol. The van der Waals surface area contributed by atoms with Crippen LogP contribution in [0.5, 0.6) is 0 Å². The zero-order chi connectivity index (χ0) is 12.8. The Balaban J connectivity index is 2.45. The van der Waals surface area contributed by atoms with E-state index in [1.807, 2.05) is 13.8 Å². The summed E-state index contributed by atoms with van der Waals surface area (Å²) in [6.45, 7) is 4.47. The van der Waals surface area contributed by atoms with Gasteiger partial charge in [-0.2, -0.15) is 0 Å². The van der Waals surface area contributed by atoms with Crippen LogP contribution in [0.3, 0.4) is 0 Å². The third kappa shape index (κ3) is 5.40. The summed E-state index contributed by atoms with van der Waals surface area (Å²) in [7, 11) is 0. The van der Waals surface area contributed by atoms with Crippen LogP contribution in [0.4, 0.5) is 14.5 Å². The molecule has 0 spiro atoms. The Bertz CT molecular complexity index is 374. The highest BCUT2D eigenvalue weighted by atomic mass is 19.1. The number of halogens is 2. The van der Waals surface area contributed by atoms with Crippen molar-refractivity contribution >= 4 is 11.6 Å². The first kappa shape index (κ1) is 13.6. The van der Waals surface area contributed by atoms with Gasteiger partial charge in [-0.1, -0.05) is 13.8 Å².